The minimum absolute atomic E-state index is 0. The summed E-state index contributed by atoms with van der Waals surface area (Å²) in [4.78, 5) is 0. The van der Waals surface area contributed by atoms with Gasteiger partial charge in [-0.3, -0.25) is 0 Å². The van der Waals surface area contributed by atoms with Crippen molar-refractivity contribution in [2.75, 3.05) is 6.61 Å². The summed E-state index contributed by atoms with van der Waals surface area (Å²) in [6.07, 6.45) is -96.3. The average molecular weight is 2010 g/mol. The molecule has 0 radical (unpaired) electrons. The molecule has 82 heavy (non-hydrogen) atoms. The summed E-state index contributed by atoms with van der Waals surface area (Å²) in [5.74, 6) is 0. The van der Waals surface area contributed by atoms with Crippen molar-refractivity contribution < 1.29 is 328 Å². The Bertz CT molecular complexity index is 1200. The summed E-state index contributed by atoms with van der Waals surface area (Å²) in [5.41, 5.74) is 0. The number of halogens is 32. The van der Waals surface area contributed by atoms with Gasteiger partial charge in [0.15, 0.2) is 61.0 Å². The van der Waals surface area contributed by atoms with E-state index in [-0.39, 0.29) is 126 Å². The first-order valence-corrected chi connectivity index (χ1v) is 17.5. The smallest absolute Gasteiger partial charge is 0.412 e. The number of rotatable bonds is 13. The molecular weight excluding hydrogens is 1960 g/mol. The van der Waals surface area contributed by atoms with Crippen LogP contribution in [0, 0.1) is 93.3 Å². The Labute approximate surface area is 505 Å². The van der Waals surface area contributed by atoms with Crippen LogP contribution < -0.4 is 0 Å². The Morgan fingerprint density at radius 2 is 0.329 bits per heavy atom. The van der Waals surface area contributed by atoms with Crippen LogP contribution in [0.5, 0.6) is 0 Å². The molecule has 0 heterocycles. The first-order chi connectivity index (χ1) is 31.4. The summed E-state index contributed by atoms with van der Waals surface area (Å²) in [6.45, 7) is -0.652. The Morgan fingerprint density at radius 1 is 0.220 bits per heavy atom. The van der Waals surface area contributed by atoms with Gasteiger partial charge in [-0.05, 0) is 0 Å². The van der Waals surface area contributed by atoms with E-state index in [1.165, 1.54) is 0 Å². The van der Waals surface area contributed by atoms with E-state index in [0.717, 1.165) is 0 Å². The SMILES string of the molecule is O.O.O.O.O.O.OC(CC(O)C(F)(F)F)C(F)(F)F.OC(CC(O)C(F)(F)F)C(F)(F)F.OC(CC(O)C(F)(F)F)C(F)(F)F.OC(CC(O)C(F)(F)F)C(F)(F)F.OC(CC(O)C(F)(F)F)C(F)F.OCCC(O)C(F)(F)F.[U].[U].[U]. The molecule has 0 aliphatic rings. The van der Waals surface area contributed by atoms with Gasteiger partial charge in [0.05, 0.1) is 0 Å². The number of aliphatic hydroxyl groups is 12. The normalized spacial score (nSPS) is 16.1. The van der Waals surface area contributed by atoms with E-state index in [1.807, 2.05) is 0 Å². The van der Waals surface area contributed by atoms with Gasteiger partial charge < -0.3 is 94.1 Å². The van der Waals surface area contributed by atoms with Gasteiger partial charge in [-0.15, -0.1) is 0 Å². The second-order valence-corrected chi connectivity index (χ2v) is 13.2. The zero-order valence-electron chi connectivity index (χ0n) is 38.8. The van der Waals surface area contributed by atoms with Crippen LogP contribution in [0.2, 0.25) is 0 Å². The van der Waals surface area contributed by atoms with Gasteiger partial charge in [-0.2, -0.15) is 132 Å². The van der Waals surface area contributed by atoms with Gasteiger partial charge in [-0.25, -0.2) is 8.78 Å². The minimum Gasteiger partial charge on any atom is -0.412 e. The molecule has 0 aromatic heterocycles. The molecule has 53 heteroatoms. The van der Waals surface area contributed by atoms with Crippen LogP contribution >= 0.6 is 0 Å². The maximum absolute atomic E-state index is 11.5. The van der Waals surface area contributed by atoms with Crippen molar-refractivity contribution in [1.29, 1.82) is 0 Å². The zero-order chi connectivity index (χ0) is 60.9. The van der Waals surface area contributed by atoms with Gasteiger partial charge in [-0.1, -0.05) is 0 Å². The first-order valence-electron chi connectivity index (χ1n) is 17.5. The van der Waals surface area contributed by atoms with E-state index >= 15 is 0 Å². The summed E-state index contributed by atoms with van der Waals surface area (Å²) in [6, 6.07) is 0. The topological polar surface area (TPSA) is 432 Å². The molecule has 0 spiro atoms. The molecule has 11 unspecified atom stereocenters. The molecule has 24 N–H and O–H groups in total. The summed E-state index contributed by atoms with van der Waals surface area (Å²) in [7, 11) is 0. The number of alkyl halides is 32. The van der Waals surface area contributed by atoms with Crippen LogP contribution in [0.25, 0.3) is 0 Å². The summed E-state index contributed by atoms with van der Waals surface area (Å²) < 4.78 is 366. The van der Waals surface area contributed by atoms with Crippen molar-refractivity contribution in [1.82, 2.24) is 0 Å². The molecule has 0 aliphatic carbocycles. The minimum atomic E-state index is -5.15. The molecule has 0 aromatic carbocycles. The van der Waals surface area contributed by atoms with Gasteiger partial charge in [0.25, 0.3) is 6.43 Å². The Balaban J connectivity index is -0.0000000496. The van der Waals surface area contributed by atoms with Crippen LogP contribution in [0.15, 0.2) is 0 Å². The molecule has 0 aliphatic heterocycles. The predicted molar refractivity (Wildman–Crippen MR) is 189 cm³/mol. The van der Waals surface area contributed by atoms with Crippen LogP contribution in [-0.2, 0) is 0 Å². The van der Waals surface area contributed by atoms with Crippen molar-refractivity contribution in [3.8, 4) is 0 Å². The fourth-order valence-electron chi connectivity index (χ4n) is 2.67. The number of aliphatic hydroxyl groups excluding tert-OH is 12. The molecule has 0 aromatic rings. The second-order valence-electron chi connectivity index (χ2n) is 13.2. The Morgan fingerprint density at radius 3 is 0.402 bits per heavy atom. The summed E-state index contributed by atoms with van der Waals surface area (Å²) in [5, 5.41) is 97.6. The molecule has 0 rings (SSSR count). The maximum Gasteiger partial charge on any atom is 0.414 e. The molecule has 510 valence electrons. The monoisotopic (exact) mass is 2010 g/mol. The largest absolute Gasteiger partial charge is 0.414 e. The van der Waals surface area contributed by atoms with Crippen molar-refractivity contribution >= 4 is 0 Å². The third-order valence-electron chi connectivity index (χ3n) is 6.72. The molecule has 0 fully saturated rings. The van der Waals surface area contributed by atoms with Crippen LogP contribution in [0.3, 0.4) is 0 Å². The molecule has 11 atom stereocenters. The maximum atomic E-state index is 11.5. The molecule has 0 bridgehead atoms. The average Bonchev–Trinajstić information content (AvgIpc) is 3.12. The van der Waals surface area contributed by atoms with Crippen molar-refractivity contribution in [2.45, 2.75) is 174 Å². The van der Waals surface area contributed by atoms with Crippen molar-refractivity contribution in [3.05, 3.63) is 0 Å². The van der Waals surface area contributed by atoms with Gasteiger partial charge >= 0.3 is 61.8 Å². The third kappa shape index (κ3) is 66.2. The van der Waals surface area contributed by atoms with E-state index in [1.54, 1.807) is 0 Å². The molecular formula is C29H50F32O18U3. The van der Waals surface area contributed by atoms with Gasteiger partial charge in [0, 0.05) is 138 Å². The first kappa shape index (κ1) is 120. The number of hydrogen-bond acceptors (Lipinski definition) is 12. The molecule has 0 saturated heterocycles. The second kappa shape index (κ2) is 49.0. The van der Waals surface area contributed by atoms with Crippen molar-refractivity contribution in [3.63, 3.8) is 0 Å². The fourth-order valence-corrected chi connectivity index (χ4v) is 2.67. The molecule has 0 amide bonds. The Hall–Kier alpha value is 0.196. The summed E-state index contributed by atoms with van der Waals surface area (Å²) >= 11 is 0. The molecule has 18 nitrogen and oxygen atoms in total. The number of hydrogen-bond donors (Lipinski definition) is 12. The fraction of sp³-hybridized carbons (Fsp3) is 1.00. The van der Waals surface area contributed by atoms with Gasteiger partial charge in [0.1, 0.15) is 6.10 Å². The van der Waals surface area contributed by atoms with Gasteiger partial charge in [0.2, 0.25) is 0 Å². The quantitative estimate of drug-likeness (QED) is 0.116. The Kier molecular flexibility index (Phi) is 71.8. The van der Waals surface area contributed by atoms with E-state index in [9.17, 15) is 140 Å². The van der Waals surface area contributed by atoms with Crippen LogP contribution in [-0.4, -0.2) is 236 Å². The zero-order valence-corrected chi connectivity index (χ0v) is 51.3. The van der Waals surface area contributed by atoms with E-state index in [2.05, 4.69) is 0 Å². The van der Waals surface area contributed by atoms with E-state index in [0.29, 0.717) is 0 Å². The predicted octanol–water partition coefficient (Wildman–Crippen LogP) is 1.16. The van der Waals surface area contributed by atoms with Crippen LogP contribution in [0.1, 0.15) is 38.5 Å². The van der Waals surface area contributed by atoms with Crippen LogP contribution in [0.4, 0.5) is 140 Å². The van der Waals surface area contributed by atoms with E-state index < -0.39 is 180 Å². The van der Waals surface area contributed by atoms with Crippen molar-refractivity contribution in [2.24, 2.45) is 0 Å². The standard InChI is InChI=1S/4C5H6F6O2.C5H7F5O2.C4H7F3O2.6H2O.3U/c4*6-4(7,8)2(12)1-3(13)5(9,10)11;6-4(7)2(11)1-3(12)5(8,9)10;5-4(6,7)3(9)1-2-8;;;;;;;;;/h4*2-3,12-13H,1H2;2-4,11-12H,1H2;3,8-9H,1-2H2;6*1H2;;;. The van der Waals surface area contributed by atoms with E-state index in [4.69, 9.17) is 61.3 Å². The molecule has 0 saturated carbocycles. The third-order valence-corrected chi connectivity index (χ3v) is 6.72.